The van der Waals surface area contributed by atoms with E-state index >= 15 is 0 Å². The molecule has 0 atom stereocenters. The molecule has 0 spiro atoms. The zero-order chi connectivity index (χ0) is 17.8. The molecule has 0 aliphatic heterocycles. The first-order chi connectivity index (χ1) is 11.5. The maximum Gasteiger partial charge on any atom is 0.328 e. The summed E-state index contributed by atoms with van der Waals surface area (Å²) in [6.45, 7) is 4.48. The third kappa shape index (κ3) is 8.13. The molecule has 24 heavy (non-hydrogen) atoms. The summed E-state index contributed by atoms with van der Waals surface area (Å²) >= 11 is 0. The summed E-state index contributed by atoms with van der Waals surface area (Å²) in [5.41, 5.74) is -0.447. The van der Waals surface area contributed by atoms with E-state index in [9.17, 15) is 14.4 Å². The SMILES string of the molecule is CCCCCCCCCCOC(=O)CCn1cc(C)c(=O)[nH]c1=O. The lowest BCUT2D eigenvalue weighted by Gasteiger charge is -2.07. The van der Waals surface area contributed by atoms with Gasteiger partial charge in [-0.15, -0.1) is 0 Å². The fraction of sp³-hybridized carbons (Fsp3) is 0.722. The lowest BCUT2D eigenvalue weighted by atomic mass is 10.1. The Morgan fingerprint density at radius 3 is 2.38 bits per heavy atom. The molecule has 0 aliphatic rings. The summed E-state index contributed by atoms with van der Waals surface area (Å²) in [6.07, 6.45) is 11.2. The second-order valence-electron chi connectivity index (χ2n) is 6.21. The standard InChI is InChI=1S/C18H30N2O4/c1-3-4-5-6-7-8-9-10-13-24-16(21)11-12-20-14-15(2)17(22)19-18(20)23/h14H,3-13H2,1-2H3,(H,19,22,23). The summed E-state index contributed by atoms with van der Waals surface area (Å²) in [6, 6.07) is 0. The highest BCUT2D eigenvalue weighted by Crippen LogP contribution is 2.08. The van der Waals surface area contributed by atoms with Gasteiger partial charge in [0.25, 0.3) is 5.56 Å². The summed E-state index contributed by atoms with van der Waals surface area (Å²) in [5.74, 6) is -0.311. The second kappa shape index (κ2) is 11.6. The molecule has 1 aromatic rings. The Hall–Kier alpha value is -1.85. The molecule has 0 saturated heterocycles. The third-order valence-electron chi connectivity index (χ3n) is 4.01. The van der Waals surface area contributed by atoms with Gasteiger partial charge in [0.1, 0.15) is 0 Å². The van der Waals surface area contributed by atoms with Crippen molar-refractivity contribution < 1.29 is 9.53 Å². The minimum absolute atomic E-state index is 0.127. The summed E-state index contributed by atoms with van der Waals surface area (Å²) in [7, 11) is 0. The number of aryl methyl sites for hydroxylation is 2. The average molecular weight is 338 g/mol. The first-order valence-corrected chi connectivity index (χ1v) is 9.00. The minimum atomic E-state index is -0.499. The number of rotatable bonds is 12. The Labute approximate surface area is 143 Å². The highest BCUT2D eigenvalue weighted by molar-refractivity contribution is 5.69. The number of nitrogens with zero attached hydrogens (tertiary/aromatic N) is 1. The maximum atomic E-state index is 11.7. The van der Waals surface area contributed by atoms with Gasteiger partial charge in [0.15, 0.2) is 0 Å². The molecule has 1 heterocycles. The topological polar surface area (TPSA) is 81.2 Å². The lowest BCUT2D eigenvalue weighted by Crippen LogP contribution is -2.31. The fourth-order valence-electron chi connectivity index (χ4n) is 2.49. The Morgan fingerprint density at radius 1 is 1.08 bits per heavy atom. The van der Waals surface area contributed by atoms with Gasteiger partial charge < -0.3 is 4.74 Å². The summed E-state index contributed by atoms with van der Waals surface area (Å²) < 4.78 is 6.50. The molecule has 0 amide bonds. The number of hydrogen-bond donors (Lipinski definition) is 1. The van der Waals surface area contributed by atoms with Crippen molar-refractivity contribution in [3.8, 4) is 0 Å². The Kier molecular flexibility index (Phi) is 9.80. The van der Waals surface area contributed by atoms with Crippen LogP contribution in [-0.4, -0.2) is 22.1 Å². The van der Waals surface area contributed by atoms with E-state index in [0.717, 1.165) is 12.8 Å². The number of carbonyl (C=O) groups is 1. The van der Waals surface area contributed by atoms with Crippen molar-refractivity contribution in [1.29, 1.82) is 0 Å². The van der Waals surface area contributed by atoms with Gasteiger partial charge in [-0.1, -0.05) is 51.9 Å². The van der Waals surface area contributed by atoms with Crippen LogP contribution in [0.25, 0.3) is 0 Å². The molecule has 0 bridgehead atoms. The summed E-state index contributed by atoms with van der Waals surface area (Å²) in [4.78, 5) is 36.7. The van der Waals surface area contributed by atoms with Crippen LogP contribution >= 0.6 is 0 Å². The van der Waals surface area contributed by atoms with E-state index in [1.165, 1.54) is 49.3 Å². The van der Waals surface area contributed by atoms with Crippen molar-refractivity contribution in [3.63, 3.8) is 0 Å². The molecule has 0 radical (unpaired) electrons. The number of hydrogen-bond acceptors (Lipinski definition) is 4. The van der Waals surface area contributed by atoms with E-state index in [-0.39, 0.29) is 18.9 Å². The van der Waals surface area contributed by atoms with Gasteiger partial charge in [0.05, 0.1) is 13.0 Å². The Morgan fingerprint density at radius 2 is 1.71 bits per heavy atom. The zero-order valence-corrected chi connectivity index (χ0v) is 14.9. The first kappa shape index (κ1) is 20.2. The van der Waals surface area contributed by atoms with Gasteiger partial charge in [-0.2, -0.15) is 0 Å². The number of aromatic nitrogens is 2. The maximum absolute atomic E-state index is 11.7. The van der Waals surface area contributed by atoms with E-state index in [0.29, 0.717) is 12.2 Å². The number of ether oxygens (including phenoxy) is 1. The van der Waals surface area contributed by atoms with Gasteiger partial charge in [0.2, 0.25) is 0 Å². The molecule has 136 valence electrons. The van der Waals surface area contributed by atoms with Gasteiger partial charge >= 0.3 is 11.7 Å². The van der Waals surface area contributed by atoms with E-state index in [1.54, 1.807) is 6.92 Å². The van der Waals surface area contributed by atoms with Crippen LogP contribution < -0.4 is 11.2 Å². The number of esters is 1. The molecule has 0 aromatic carbocycles. The third-order valence-corrected chi connectivity index (χ3v) is 4.01. The van der Waals surface area contributed by atoms with Crippen LogP contribution in [0.3, 0.4) is 0 Å². The number of aromatic amines is 1. The Bertz CT molecular complexity index is 604. The molecule has 0 unspecified atom stereocenters. The van der Waals surface area contributed by atoms with Crippen LogP contribution in [0, 0.1) is 6.92 Å². The summed E-state index contributed by atoms with van der Waals surface area (Å²) in [5, 5.41) is 0. The highest BCUT2D eigenvalue weighted by Gasteiger charge is 2.06. The molecular weight excluding hydrogens is 308 g/mol. The largest absolute Gasteiger partial charge is 0.466 e. The first-order valence-electron chi connectivity index (χ1n) is 9.00. The highest BCUT2D eigenvalue weighted by atomic mass is 16.5. The molecule has 0 saturated carbocycles. The van der Waals surface area contributed by atoms with Crippen molar-refractivity contribution in [2.45, 2.75) is 78.2 Å². The van der Waals surface area contributed by atoms with Crippen LogP contribution in [-0.2, 0) is 16.1 Å². The predicted molar refractivity (Wildman–Crippen MR) is 94.2 cm³/mol. The van der Waals surface area contributed by atoms with Crippen molar-refractivity contribution in [3.05, 3.63) is 32.6 Å². The molecule has 6 nitrogen and oxygen atoms in total. The zero-order valence-electron chi connectivity index (χ0n) is 14.9. The number of carbonyl (C=O) groups excluding carboxylic acids is 1. The molecule has 0 aliphatic carbocycles. The average Bonchev–Trinajstić information content (AvgIpc) is 2.55. The van der Waals surface area contributed by atoms with Crippen LogP contribution in [0.15, 0.2) is 15.8 Å². The van der Waals surface area contributed by atoms with Gasteiger partial charge in [-0.05, 0) is 13.3 Å². The Balaban J connectivity index is 2.12. The number of H-pyrrole nitrogens is 1. The molecule has 1 N–H and O–H groups in total. The van der Waals surface area contributed by atoms with Crippen LogP contribution in [0.2, 0.25) is 0 Å². The molecule has 6 heteroatoms. The number of nitrogens with one attached hydrogen (secondary N) is 1. The van der Waals surface area contributed by atoms with E-state index in [1.807, 2.05) is 0 Å². The lowest BCUT2D eigenvalue weighted by molar-refractivity contribution is -0.144. The molecular formula is C18H30N2O4. The van der Waals surface area contributed by atoms with Crippen LogP contribution in [0.1, 0.15) is 70.3 Å². The molecule has 1 rings (SSSR count). The van der Waals surface area contributed by atoms with E-state index in [4.69, 9.17) is 4.74 Å². The van der Waals surface area contributed by atoms with Gasteiger partial charge in [0, 0.05) is 18.3 Å². The van der Waals surface area contributed by atoms with Crippen molar-refractivity contribution in [1.82, 2.24) is 9.55 Å². The second-order valence-corrected chi connectivity index (χ2v) is 6.21. The number of unbranched alkanes of at least 4 members (excludes halogenated alkanes) is 7. The van der Waals surface area contributed by atoms with Gasteiger partial charge in [-0.25, -0.2) is 4.79 Å². The minimum Gasteiger partial charge on any atom is -0.466 e. The quantitative estimate of drug-likeness (QED) is 0.469. The monoisotopic (exact) mass is 338 g/mol. The smallest absolute Gasteiger partial charge is 0.328 e. The van der Waals surface area contributed by atoms with Crippen molar-refractivity contribution >= 4 is 5.97 Å². The van der Waals surface area contributed by atoms with Gasteiger partial charge in [-0.3, -0.25) is 19.1 Å². The van der Waals surface area contributed by atoms with Crippen LogP contribution in [0.4, 0.5) is 0 Å². The van der Waals surface area contributed by atoms with Crippen molar-refractivity contribution in [2.75, 3.05) is 6.61 Å². The molecule has 1 aromatic heterocycles. The fourth-order valence-corrected chi connectivity index (χ4v) is 2.49. The van der Waals surface area contributed by atoms with Crippen molar-refractivity contribution in [2.24, 2.45) is 0 Å². The van der Waals surface area contributed by atoms with Crippen LogP contribution in [0.5, 0.6) is 0 Å². The normalized spacial score (nSPS) is 10.8. The predicted octanol–water partition coefficient (Wildman–Crippen LogP) is 2.92. The van der Waals surface area contributed by atoms with E-state index < -0.39 is 11.2 Å². The van der Waals surface area contributed by atoms with E-state index in [2.05, 4.69) is 11.9 Å². The molecule has 0 fully saturated rings.